The number of aromatic nitrogens is 2. The fourth-order valence-corrected chi connectivity index (χ4v) is 2.74. The highest BCUT2D eigenvalue weighted by atomic mass is 16.5. The molecule has 118 valence electrons. The summed E-state index contributed by atoms with van der Waals surface area (Å²) in [7, 11) is 3.49. The number of nitrogens with one attached hydrogen (secondary N) is 1. The van der Waals surface area contributed by atoms with Gasteiger partial charge in [-0.15, -0.1) is 0 Å². The number of amides is 1. The smallest absolute Gasteiger partial charge is 0.255 e. The van der Waals surface area contributed by atoms with E-state index in [4.69, 9.17) is 4.74 Å². The first-order valence-corrected chi connectivity index (χ1v) is 7.43. The molecule has 0 aliphatic heterocycles. The summed E-state index contributed by atoms with van der Waals surface area (Å²) in [5, 5.41) is 7.53. The Labute approximate surface area is 131 Å². The summed E-state index contributed by atoms with van der Waals surface area (Å²) in [6, 6.07) is 7.17. The third-order valence-corrected chi connectivity index (χ3v) is 3.98. The second-order valence-electron chi connectivity index (χ2n) is 5.34. The van der Waals surface area contributed by atoms with E-state index < -0.39 is 0 Å². The molecule has 1 amide bonds. The summed E-state index contributed by atoms with van der Waals surface area (Å²) in [6.45, 7) is 6.05. The molecule has 1 aromatic carbocycles. The van der Waals surface area contributed by atoms with Gasteiger partial charge in [-0.2, -0.15) is 5.10 Å². The molecule has 0 radical (unpaired) electrons. The van der Waals surface area contributed by atoms with Crippen molar-refractivity contribution in [2.45, 2.75) is 33.2 Å². The maximum absolute atomic E-state index is 12.6. The molecule has 0 saturated carbocycles. The lowest BCUT2D eigenvalue weighted by Gasteiger charge is -2.19. The molecular formula is C17H23N3O2. The van der Waals surface area contributed by atoms with Crippen molar-refractivity contribution in [2.75, 3.05) is 7.11 Å². The molecule has 2 aromatic rings. The normalized spacial score (nSPS) is 12.0. The maximum Gasteiger partial charge on any atom is 0.255 e. The number of nitrogens with zero attached hydrogens (tertiary/aromatic N) is 2. The molecule has 0 spiro atoms. The van der Waals surface area contributed by atoms with Crippen LogP contribution in [0.25, 0.3) is 0 Å². The van der Waals surface area contributed by atoms with Crippen LogP contribution in [0.2, 0.25) is 0 Å². The predicted octanol–water partition coefficient (Wildman–Crippen LogP) is 2.93. The van der Waals surface area contributed by atoms with Gasteiger partial charge in [-0.25, -0.2) is 0 Å². The molecule has 2 rings (SSSR count). The molecule has 5 nitrogen and oxygen atoms in total. The topological polar surface area (TPSA) is 56.1 Å². The number of carbonyl (C=O) groups is 1. The molecule has 0 bridgehead atoms. The molecular weight excluding hydrogens is 278 g/mol. The van der Waals surface area contributed by atoms with Gasteiger partial charge in [0.25, 0.3) is 5.91 Å². The molecule has 0 unspecified atom stereocenters. The van der Waals surface area contributed by atoms with E-state index in [1.807, 2.05) is 37.7 Å². The standard InChI is InChI=1S/C17H23N3O2/c1-6-14(16-11(2)19-20(4)12(16)3)18-17(21)13-9-7-8-10-15(13)22-5/h7-10,14H,6H2,1-5H3,(H,18,21)/t14-/m1/s1. The van der Waals surface area contributed by atoms with Crippen LogP contribution in [0, 0.1) is 13.8 Å². The number of hydrogen-bond acceptors (Lipinski definition) is 3. The summed E-state index contributed by atoms with van der Waals surface area (Å²) >= 11 is 0. The van der Waals surface area contributed by atoms with Gasteiger partial charge in [0.2, 0.25) is 0 Å². The van der Waals surface area contributed by atoms with E-state index >= 15 is 0 Å². The van der Waals surface area contributed by atoms with Crippen LogP contribution in [-0.2, 0) is 7.05 Å². The SMILES string of the molecule is CC[C@@H](NC(=O)c1ccccc1OC)c1c(C)nn(C)c1C. The van der Waals surface area contributed by atoms with E-state index in [0.29, 0.717) is 11.3 Å². The van der Waals surface area contributed by atoms with Crippen LogP contribution < -0.4 is 10.1 Å². The Morgan fingerprint density at radius 2 is 2.05 bits per heavy atom. The van der Waals surface area contributed by atoms with Gasteiger partial charge in [0.1, 0.15) is 5.75 Å². The van der Waals surface area contributed by atoms with E-state index in [1.54, 1.807) is 19.2 Å². The molecule has 1 atom stereocenters. The largest absolute Gasteiger partial charge is 0.496 e. The van der Waals surface area contributed by atoms with Gasteiger partial charge < -0.3 is 10.1 Å². The fourth-order valence-electron chi connectivity index (χ4n) is 2.74. The minimum absolute atomic E-state index is 0.0638. The zero-order chi connectivity index (χ0) is 16.3. The second kappa shape index (κ2) is 6.64. The minimum Gasteiger partial charge on any atom is -0.496 e. The van der Waals surface area contributed by atoms with Crippen LogP contribution >= 0.6 is 0 Å². The summed E-state index contributed by atoms with van der Waals surface area (Å²) in [6.07, 6.45) is 0.800. The lowest BCUT2D eigenvalue weighted by Crippen LogP contribution is -2.29. The number of para-hydroxylation sites is 1. The average Bonchev–Trinajstić information content (AvgIpc) is 2.77. The highest BCUT2D eigenvalue weighted by Gasteiger charge is 2.22. The molecule has 1 aromatic heterocycles. The van der Waals surface area contributed by atoms with Gasteiger partial charge in [0, 0.05) is 18.3 Å². The highest BCUT2D eigenvalue weighted by Crippen LogP contribution is 2.25. The Morgan fingerprint density at radius 1 is 1.36 bits per heavy atom. The van der Waals surface area contributed by atoms with Crippen molar-refractivity contribution in [3.05, 3.63) is 46.8 Å². The van der Waals surface area contributed by atoms with Crippen LogP contribution in [0.4, 0.5) is 0 Å². The van der Waals surface area contributed by atoms with E-state index in [9.17, 15) is 4.79 Å². The highest BCUT2D eigenvalue weighted by molar-refractivity contribution is 5.97. The van der Waals surface area contributed by atoms with Gasteiger partial charge in [-0.1, -0.05) is 19.1 Å². The van der Waals surface area contributed by atoms with Gasteiger partial charge in [0.05, 0.1) is 24.4 Å². The first-order valence-electron chi connectivity index (χ1n) is 7.43. The van der Waals surface area contributed by atoms with E-state index in [2.05, 4.69) is 17.3 Å². The predicted molar refractivity (Wildman–Crippen MR) is 86.2 cm³/mol. The number of rotatable bonds is 5. The molecule has 0 aliphatic carbocycles. The van der Waals surface area contributed by atoms with E-state index in [-0.39, 0.29) is 11.9 Å². The van der Waals surface area contributed by atoms with Crippen molar-refractivity contribution in [1.29, 1.82) is 0 Å². The molecule has 5 heteroatoms. The summed E-state index contributed by atoms with van der Waals surface area (Å²) < 4.78 is 7.11. The number of carbonyl (C=O) groups excluding carboxylic acids is 1. The van der Waals surface area contributed by atoms with E-state index in [1.165, 1.54) is 0 Å². The molecule has 1 N–H and O–H groups in total. The average molecular weight is 301 g/mol. The number of hydrogen-bond donors (Lipinski definition) is 1. The van der Waals surface area contributed by atoms with Gasteiger partial charge in [0.15, 0.2) is 0 Å². The summed E-state index contributed by atoms with van der Waals surface area (Å²) in [5.41, 5.74) is 3.66. The Kier molecular flexibility index (Phi) is 4.85. The van der Waals surface area contributed by atoms with Gasteiger partial charge >= 0.3 is 0 Å². The van der Waals surface area contributed by atoms with Crippen LogP contribution in [-0.4, -0.2) is 22.8 Å². The molecule has 0 aliphatic rings. The third kappa shape index (κ3) is 2.98. The zero-order valence-corrected chi connectivity index (χ0v) is 13.8. The molecule has 1 heterocycles. The van der Waals surface area contributed by atoms with Crippen LogP contribution in [0.3, 0.4) is 0 Å². The van der Waals surface area contributed by atoms with Crippen molar-refractivity contribution >= 4 is 5.91 Å². The lowest BCUT2D eigenvalue weighted by molar-refractivity contribution is 0.0932. The van der Waals surface area contributed by atoms with Gasteiger partial charge in [-0.05, 0) is 32.4 Å². The Morgan fingerprint density at radius 3 is 2.59 bits per heavy atom. The number of methoxy groups -OCH3 is 1. The molecule has 0 fully saturated rings. The quantitative estimate of drug-likeness (QED) is 0.924. The van der Waals surface area contributed by atoms with Gasteiger partial charge in [-0.3, -0.25) is 9.48 Å². The Bertz CT molecular complexity index is 677. The number of benzene rings is 1. The summed E-state index contributed by atoms with van der Waals surface area (Å²) in [4.78, 5) is 12.6. The maximum atomic E-state index is 12.6. The molecule has 0 saturated heterocycles. The van der Waals surface area contributed by atoms with Crippen LogP contribution in [0.15, 0.2) is 24.3 Å². The van der Waals surface area contributed by atoms with Crippen molar-refractivity contribution < 1.29 is 9.53 Å². The lowest BCUT2D eigenvalue weighted by atomic mass is 10.0. The first-order chi connectivity index (χ1) is 10.5. The Balaban J connectivity index is 2.29. The minimum atomic E-state index is -0.132. The van der Waals surface area contributed by atoms with Crippen molar-refractivity contribution in [3.63, 3.8) is 0 Å². The van der Waals surface area contributed by atoms with Crippen molar-refractivity contribution in [1.82, 2.24) is 15.1 Å². The molecule has 22 heavy (non-hydrogen) atoms. The first kappa shape index (κ1) is 16.1. The number of aryl methyl sites for hydroxylation is 2. The van der Waals surface area contributed by atoms with Crippen LogP contribution in [0.5, 0.6) is 5.75 Å². The number of ether oxygens (including phenoxy) is 1. The summed E-state index contributed by atoms with van der Waals surface area (Å²) in [5.74, 6) is 0.446. The fraction of sp³-hybridized carbons (Fsp3) is 0.412. The monoisotopic (exact) mass is 301 g/mol. The van der Waals surface area contributed by atoms with Crippen molar-refractivity contribution in [2.24, 2.45) is 7.05 Å². The third-order valence-electron chi connectivity index (χ3n) is 3.98. The Hall–Kier alpha value is -2.30. The van der Waals surface area contributed by atoms with E-state index in [0.717, 1.165) is 23.4 Å². The zero-order valence-electron chi connectivity index (χ0n) is 13.8. The second-order valence-corrected chi connectivity index (χ2v) is 5.34. The van der Waals surface area contributed by atoms with Crippen molar-refractivity contribution in [3.8, 4) is 5.75 Å². The van der Waals surface area contributed by atoms with Crippen LogP contribution in [0.1, 0.15) is 46.7 Å².